The van der Waals surface area contributed by atoms with Crippen LogP contribution in [0.1, 0.15) is 41.0 Å². The fourth-order valence-electron chi connectivity index (χ4n) is 2.86. The monoisotopic (exact) mass is 300 g/mol. The van der Waals surface area contributed by atoms with Crippen LogP contribution in [0.15, 0.2) is 0 Å². The standard InChI is InChI=1S/C14H24N2O5/c1-13(2,3)21-12(18)16-8-6-7(11(15)17)9-10(8)20-14(4,5)19-9/h7-10H,6H2,1-5H3,(H2,15,17)(H,16,18). The Hall–Kier alpha value is -1.34. The van der Waals surface area contributed by atoms with Crippen molar-refractivity contribution in [3.63, 3.8) is 0 Å². The molecule has 2 amide bonds. The van der Waals surface area contributed by atoms with E-state index in [2.05, 4.69) is 5.32 Å². The van der Waals surface area contributed by atoms with Crippen LogP contribution in [0, 0.1) is 5.92 Å². The highest BCUT2D eigenvalue weighted by Crippen LogP contribution is 2.41. The molecule has 21 heavy (non-hydrogen) atoms. The predicted octanol–water partition coefficient (Wildman–Crippen LogP) is 0.905. The molecule has 0 radical (unpaired) electrons. The first-order valence-electron chi connectivity index (χ1n) is 7.13. The number of amides is 2. The minimum Gasteiger partial charge on any atom is -0.444 e. The number of rotatable bonds is 2. The van der Waals surface area contributed by atoms with Gasteiger partial charge in [-0.25, -0.2) is 4.79 Å². The number of nitrogens with two attached hydrogens (primary N) is 1. The molecule has 0 aromatic rings. The Labute approximate surface area is 124 Å². The lowest BCUT2D eigenvalue weighted by Crippen LogP contribution is -2.45. The highest BCUT2D eigenvalue weighted by molar-refractivity contribution is 5.78. The molecule has 0 aromatic carbocycles. The molecule has 7 nitrogen and oxygen atoms in total. The molecule has 2 rings (SSSR count). The van der Waals surface area contributed by atoms with Crippen LogP contribution in [-0.2, 0) is 19.0 Å². The molecule has 120 valence electrons. The van der Waals surface area contributed by atoms with Gasteiger partial charge in [0.2, 0.25) is 5.91 Å². The Bertz CT molecular complexity index is 443. The number of carbonyl (C=O) groups is 2. The van der Waals surface area contributed by atoms with Gasteiger partial charge in [-0.2, -0.15) is 0 Å². The van der Waals surface area contributed by atoms with E-state index >= 15 is 0 Å². The molecular formula is C14H24N2O5. The van der Waals surface area contributed by atoms with Crippen molar-refractivity contribution in [2.75, 3.05) is 0 Å². The molecule has 2 fully saturated rings. The van der Waals surface area contributed by atoms with Gasteiger partial charge >= 0.3 is 6.09 Å². The topological polar surface area (TPSA) is 99.9 Å². The van der Waals surface area contributed by atoms with Crippen LogP contribution in [0.5, 0.6) is 0 Å². The van der Waals surface area contributed by atoms with Crippen LogP contribution in [-0.4, -0.2) is 41.6 Å². The number of carbonyl (C=O) groups excluding carboxylic acids is 2. The Morgan fingerprint density at radius 1 is 1.24 bits per heavy atom. The van der Waals surface area contributed by atoms with E-state index in [1.54, 1.807) is 34.6 Å². The Morgan fingerprint density at radius 2 is 1.81 bits per heavy atom. The third-order valence-corrected chi connectivity index (χ3v) is 3.53. The summed E-state index contributed by atoms with van der Waals surface area (Å²) in [5.74, 6) is -1.71. The second kappa shape index (κ2) is 5.14. The second-order valence-electron chi connectivity index (χ2n) is 7.06. The Morgan fingerprint density at radius 3 is 2.33 bits per heavy atom. The molecule has 1 saturated carbocycles. The van der Waals surface area contributed by atoms with Gasteiger partial charge < -0.3 is 25.3 Å². The van der Waals surface area contributed by atoms with E-state index in [1.807, 2.05) is 0 Å². The van der Waals surface area contributed by atoms with Crippen LogP contribution in [0.2, 0.25) is 0 Å². The number of hydrogen-bond donors (Lipinski definition) is 2. The number of primary amides is 1. The van der Waals surface area contributed by atoms with Gasteiger partial charge in [0.15, 0.2) is 5.79 Å². The summed E-state index contributed by atoms with van der Waals surface area (Å²) in [6, 6.07) is -0.357. The lowest BCUT2D eigenvalue weighted by atomic mass is 10.1. The van der Waals surface area contributed by atoms with Crippen molar-refractivity contribution in [1.82, 2.24) is 5.32 Å². The van der Waals surface area contributed by atoms with E-state index < -0.39 is 41.5 Å². The van der Waals surface area contributed by atoms with E-state index in [9.17, 15) is 9.59 Å². The summed E-state index contributed by atoms with van der Waals surface area (Å²) in [4.78, 5) is 23.5. The van der Waals surface area contributed by atoms with E-state index in [1.165, 1.54) is 0 Å². The highest BCUT2D eigenvalue weighted by atomic mass is 16.8. The average molecular weight is 300 g/mol. The van der Waals surface area contributed by atoms with Gasteiger partial charge in [-0.05, 0) is 41.0 Å². The summed E-state index contributed by atoms with van der Waals surface area (Å²) in [5.41, 5.74) is 4.83. The van der Waals surface area contributed by atoms with Crippen molar-refractivity contribution < 1.29 is 23.8 Å². The molecule has 0 aromatic heterocycles. The van der Waals surface area contributed by atoms with Crippen LogP contribution >= 0.6 is 0 Å². The zero-order valence-corrected chi connectivity index (χ0v) is 13.1. The zero-order valence-electron chi connectivity index (χ0n) is 13.1. The van der Waals surface area contributed by atoms with Gasteiger partial charge in [-0.15, -0.1) is 0 Å². The highest BCUT2D eigenvalue weighted by Gasteiger charge is 2.56. The molecule has 1 aliphatic carbocycles. The molecule has 4 atom stereocenters. The van der Waals surface area contributed by atoms with Crippen molar-refractivity contribution in [2.24, 2.45) is 11.7 Å². The third kappa shape index (κ3) is 3.65. The maximum Gasteiger partial charge on any atom is 0.407 e. The molecule has 0 bridgehead atoms. The molecule has 2 aliphatic rings. The fourth-order valence-corrected chi connectivity index (χ4v) is 2.86. The molecule has 4 unspecified atom stereocenters. The minimum absolute atomic E-state index is 0.357. The number of nitrogens with one attached hydrogen (secondary N) is 1. The zero-order chi connectivity index (χ0) is 16.0. The van der Waals surface area contributed by atoms with Gasteiger partial charge in [0.05, 0.1) is 12.0 Å². The summed E-state index contributed by atoms with van der Waals surface area (Å²) in [6.45, 7) is 8.90. The lowest BCUT2D eigenvalue weighted by molar-refractivity contribution is -0.161. The smallest absolute Gasteiger partial charge is 0.407 e. The third-order valence-electron chi connectivity index (χ3n) is 3.53. The first-order valence-corrected chi connectivity index (χ1v) is 7.13. The van der Waals surface area contributed by atoms with Crippen LogP contribution in [0.3, 0.4) is 0 Å². The first kappa shape index (κ1) is 16.0. The van der Waals surface area contributed by atoms with Gasteiger partial charge in [0.1, 0.15) is 17.8 Å². The Balaban J connectivity index is 2.07. The normalized spacial score (nSPS) is 34.3. The molecular weight excluding hydrogens is 276 g/mol. The first-order chi connectivity index (χ1) is 9.48. The summed E-state index contributed by atoms with van der Waals surface area (Å²) >= 11 is 0. The van der Waals surface area contributed by atoms with Gasteiger partial charge in [-0.1, -0.05) is 0 Å². The van der Waals surface area contributed by atoms with Crippen LogP contribution in [0.4, 0.5) is 4.79 Å². The molecule has 1 saturated heterocycles. The molecule has 7 heteroatoms. The van der Waals surface area contributed by atoms with Crippen molar-refractivity contribution in [1.29, 1.82) is 0 Å². The van der Waals surface area contributed by atoms with Crippen molar-refractivity contribution >= 4 is 12.0 Å². The largest absolute Gasteiger partial charge is 0.444 e. The second-order valence-corrected chi connectivity index (χ2v) is 7.06. The predicted molar refractivity (Wildman–Crippen MR) is 74.3 cm³/mol. The van der Waals surface area contributed by atoms with Crippen LogP contribution < -0.4 is 11.1 Å². The molecule has 0 spiro atoms. The van der Waals surface area contributed by atoms with E-state index in [0.29, 0.717) is 6.42 Å². The van der Waals surface area contributed by atoms with Gasteiger partial charge in [0, 0.05) is 0 Å². The number of alkyl carbamates (subject to hydrolysis) is 1. The maximum atomic E-state index is 11.9. The van der Waals surface area contributed by atoms with E-state index in [4.69, 9.17) is 19.9 Å². The van der Waals surface area contributed by atoms with E-state index in [-0.39, 0.29) is 6.04 Å². The summed E-state index contributed by atoms with van der Waals surface area (Å²) < 4.78 is 16.8. The minimum atomic E-state index is -0.794. The van der Waals surface area contributed by atoms with Gasteiger partial charge in [-0.3, -0.25) is 4.79 Å². The summed E-state index contributed by atoms with van der Waals surface area (Å²) in [6.07, 6.45) is -0.980. The molecule has 1 aliphatic heterocycles. The average Bonchev–Trinajstić information content (AvgIpc) is 2.70. The summed E-state index contributed by atoms with van der Waals surface area (Å²) in [7, 11) is 0. The quantitative estimate of drug-likeness (QED) is 0.789. The summed E-state index contributed by atoms with van der Waals surface area (Å²) in [5, 5.41) is 2.76. The SMILES string of the molecule is CC(C)(C)OC(=O)NC1CC(C(N)=O)C2OC(C)(C)OC12. The number of hydrogen-bond acceptors (Lipinski definition) is 5. The molecule has 1 heterocycles. The van der Waals surface area contributed by atoms with Crippen molar-refractivity contribution in [3.05, 3.63) is 0 Å². The van der Waals surface area contributed by atoms with Crippen LogP contribution in [0.25, 0.3) is 0 Å². The lowest BCUT2D eigenvalue weighted by Gasteiger charge is -2.25. The Kier molecular flexibility index (Phi) is 3.92. The maximum absolute atomic E-state index is 11.9. The van der Waals surface area contributed by atoms with E-state index in [0.717, 1.165) is 0 Å². The molecule has 3 N–H and O–H groups in total. The number of fused-ring (bicyclic) bond motifs is 1. The number of ether oxygens (including phenoxy) is 3. The van der Waals surface area contributed by atoms with Crippen molar-refractivity contribution in [2.45, 2.75) is 70.7 Å². The fraction of sp³-hybridized carbons (Fsp3) is 0.857. The van der Waals surface area contributed by atoms with Gasteiger partial charge in [0.25, 0.3) is 0 Å². The van der Waals surface area contributed by atoms with Crippen molar-refractivity contribution in [3.8, 4) is 0 Å².